The van der Waals surface area contributed by atoms with Crippen LogP contribution in [0.4, 0.5) is 5.95 Å². The average molecular weight is 505 g/mol. The van der Waals surface area contributed by atoms with Crippen molar-refractivity contribution in [2.24, 2.45) is 17.8 Å². The number of nitrogens with one attached hydrogen (secondary N) is 1. The Balaban J connectivity index is 1.33. The number of H-pyrrole nitrogens is 1. The third-order valence-electron chi connectivity index (χ3n) is 7.61. The standard InChI is InChI=1S/C26H32N8O3/c1-15(26(2,3)36)11-20(35)23-29-24(31-25(30-23)37-14-18-12-17(18)13-27)34-9-6-16(7-10-34)21-19-5-4-8-28-22(19)33-32-21/h4-5,8,15-18,36H,6-7,9-12,14H2,1-3H3,(H,28,32,33)/t15-,17-,18+/m0/s1. The van der Waals surface area contributed by atoms with Crippen molar-refractivity contribution in [1.82, 2.24) is 30.1 Å². The number of ether oxygens (including phenoxy) is 1. The Labute approximate surface area is 215 Å². The number of carbonyl (C=O) groups is 1. The number of hydrogen-bond acceptors (Lipinski definition) is 10. The zero-order chi connectivity index (χ0) is 26.2. The molecule has 3 aromatic heterocycles. The number of ketones is 1. The maximum absolute atomic E-state index is 13.1. The van der Waals surface area contributed by atoms with Crippen LogP contribution in [0.2, 0.25) is 0 Å². The molecule has 1 saturated heterocycles. The Morgan fingerprint density at radius 3 is 2.81 bits per heavy atom. The number of aromatic nitrogens is 6. The van der Waals surface area contributed by atoms with E-state index in [0.29, 0.717) is 31.6 Å². The predicted octanol–water partition coefficient (Wildman–Crippen LogP) is 3.05. The summed E-state index contributed by atoms with van der Waals surface area (Å²) < 4.78 is 5.82. The number of piperidine rings is 1. The molecule has 0 aromatic carbocycles. The molecule has 1 saturated carbocycles. The van der Waals surface area contributed by atoms with Gasteiger partial charge in [-0.05, 0) is 51.2 Å². The third-order valence-corrected chi connectivity index (χ3v) is 7.61. The first-order valence-electron chi connectivity index (χ1n) is 12.8. The molecule has 2 fully saturated rings. The molecule has 0 spiro atoms. The van der Waals surface area contributed by atoms with E-state index in [1.165, 1.54) is 0 Å². The van der Waals surface area contributed by atoms with Gasteiger partial charge in [-0.15, -0.1) is 0 Å². The first-order valence-corrected chi connectivity index (χ1v) is 12.8. The number of Topliss-reactive ketones (excluding diaryl/α,β-unsaturated/α-hetero) is 1. The zero-order valence-electron chi connectivity index (χ0n) is 21.4. The highest BCUT2D eigenvalue weighted by Gasteiger charge is 2.38. The SMILES string of the molecule is C[C@@H](CC(=O)c1nc(OC[C@H]2C[C@H]2C#N)nc(N2CCC(c3[nH]nc4ncccc34)CC2)n1)C(C)(C)O. The van der Waals surface area contributed by atoms with E-state index in [-0.39, 0.29) is 41.8 Å². The van der Waals surface area contributed by atoms with E-state index in [2.05, 4.69) is 36.2 Å². The Morgan fingerprint density at radius 1 is 1.32 bits per heavy atom. The van der Waals surface area contributed by atoms with Crippen molar-refractivity contribution in [1.29, 1.82) is 5.26 Å². The van der Waals surface area contributed by atoms with Gasteiger partial charge in [-0.2, -0.15) is 25.3 Å². The minimum absolute atomic E-state index is 0.00263. The summed E-state index contributed by atoms with van der Waals surface area (Å²) in [5, 5.41) is 27.9. The summed E-state index contributed by atoms with van der Waals surface area (Å²) in [7, 11) is 0. The number of rotatable bonds is 9. The molecule has 0 amide bonds. The topological polar surface area (TPSA) is 154 Å². The molecule has 0 bridgehead atoms. The van der Waals surface area contributed by atoms with E-state index in [9.17, 15) is 9.90 Å². The van der Waals surface area contributed by atoms with Crippen LogP contribution >= 0.6 is 0 Å². The molecular weight excluding hydrogens is 472 g/mol. The number of aromatic amines is 1. The van der Waals surface area contributed by atoms with E-state index in [1.807, 2.05) is 24.0 Å². The van der Waals surface area contributed by atoms with Gasteiger partial charge in [0.1, 0.15) is 0 Å². The van der Waals surface area contributed by atoms with E-state index >= 15 is 0 Å². The lowest BCUT2D eigenvalue weighted by Gasteiger charge is -2.31. The molecule has 1 aliphatic heterocycles. The highest BCUT2D eigenvalue weighted by Crippen LogP contribution is 2.38. The molecule has 3 aromatic rings. The Hall–Kier alpha value is -3.65. The molecule has 194 valence electrons. The number of hydrogen-bond donors (Lipinski definition) is 2. The molecule has 4 heterocycles. The molecule has 2 N–H and O–H groups in total. The van der Waals surface area contributed by atoms with Crippen LogP contribution < -0.4 is 9.64 Å². The summed E-state index contributed by atoms with van der Waals surface area (Å²) in [5.41, 5.74) is 0.810. The molecular formula is C26H32N8O3. The van der Waals surface area contributed by atoms with Crippen LogP contribution in [0.5, 0.6) is 6.01 Å². The van der Waals surface area contributed by atoms with Crippen LogP contribution in [0.1, 0.15) is 68.7 Å². The van der Waals surface area contributed by atoms with Gasteiger partial charge in [0, 0.05) is 48.6 Å². The van der Waals surface area contributed by atoms with Gasteiger partial charge >= 0.3 is 6.01 Å². The van der Waals surface area contributed by atoms with Gasteiger partial charge in [-0.3, -0.25) is 9.89 Å². The Morgan fingerprint density at radius 2 is 2.11 bits per heavy atom. The number of anilines is 1. The van der Waals surface area contributed by atoms with Crippen LogP contribution in [0.3, 0.4) is 0 Å². The van der Waals surface area contributed by atoms with E-state index in [0.717, 1.165) is 36.0 Å². The molecule has 2 aliphatic rings. The summed E-state index contributed by atoms with van der Waals surface area (Å²) in [6.07, 6.45) is 4.36. The molecule has 1 aliphatic carbocycles. The monoisotopic (exact) mass is 504 g/mol. The lowest BCUT2D eigenvalue weighted by atomic mass is 9.88. The highest BCUT2D eigenvalue weighted by atomic mass is 16.5. The molecule has 0 radical (unpaired) electrons. The van der Waals surface area contributed by atoms with Crippen molar-refractivity contribution in [3.8, 4) is 12.1 Å². The smallest absolute Gasteiger partial charge is 0.321 e. The molecule has 37 heavy (non-hydrogen) atoms. The van der Waals surface area contributed by atoms with Gasteiger partial charge in [0.05, 0.1) is 24.2 Å². The molecule has 0 unspecified atom stereocenters. The molecule has 3 atom stereocenters. The normalized spacial score (nSPS) is 21.0. The minimum atomic E-state index is -1.00. The van der Waals surface area contributed by atoms with Gasteiger partial charge in [-0.25, -0.2) is 4.98 Å². The second-order valence-corrected chi connectivity index (χ2v) is 10.7. The number of aliphatic hydroxyl groups is 1. The highest BCUT2D eigenvalue weighted by molar-refractivity contribution is 5.93. The lowest BCUT2D eigenvalue weighted by molar-refractivity contribution is 0.0211. The van der Waals surface area contributed by atoms with Crippen LogP contribution in [0, 0.1) is 29.1 Å². The van der Waals surface area contributed by atoms with Crippen LogP contribution in [-0.2, 0) is 0 Å². The zero-order valence-corrected chi connectivity index (χ0v) is 21.4. The number of pyridine rings is 1. The number of nitrogens with zero attached hydrogens (tertiary/aromatic N) is 7. The number of nitriles is 1. The van der Waals surface area contributed by atoms with Crippen LogP contribution in [-0.4, -0.2) is 66.3 Å². The van der Waals surface area contributed by atoms with Crippen molar-refractivity contribution in [3.63, 3.8) is 0 Å². The number of fused-ring (bicyclic) bond motifs is 1. The van der Waals surface area contributed by atoms with Gasteiger partial charge in [0.15, 0.2) is 5.65 Å². The lowest BCUT2D eigenvalue weighted by Crippen LogP contribution is -2.35. The fraction of sp³-hybridized carbons (Fsp3) is 0.577. The van der Waals surface area contributed by atoms with Crippen molar-refractivity contribution >= 4 is 22.8 Å². The summed E-state index contributed by atoms with van der Waals surface area (Å²) in [4.78, 5) is 32.8. The Bertz CT molecular complexity index is 1320. The first-order chi connectivity index (χ1) is 17.7. The van der Waals surface area contributed by atoms with Gasteiger partial charge in [0.25, 0.3) is 0 Å². The molecule has 5 rings (SSSR count). The van der Waals surface area contributed by atoms with E-state index in [4.69, 9.17) is 10.00 Å². The van der Waals surface area contributed by atoms with Gasteiger partial charge in [0.2, 0.25) is 17.6 Å². The van der Waals surface area contributed by atoms with Crippen molar-refractivity contribution < 1.29 is 14.6 Å². The Kier molecular flexibility index (Phi) is 6.77. The maximum atomic E-state index is 13.1. The third kappa shape index (κ3) is 5.54. The maximum Gasteiger partial charge on any atom is 0.321 e. The second kappa shape index (κ2) is 10.0. The first kappa shape index (κ1) is 25.0. The fourth-order valence-corrected chi connectivity index (χ4v) is 4.62. The van der Waals surface area contributed by atoms with Gasteiger partial charge in [-0.1, -0.05) is 6.92 Å². The van der Waals surface area contributed by atoms with Gasteiger partial charge < -0.3 is 14.7 Å². The number of carbonyl (C=O) groups excluding carboxylic acids is 1. The van der Waals surface area contributed by atoms with Crippen molar-refractivity contribution in [2.75, 3.05) is 24.6 Å². The summed E-state index contributed by atoms with van der Waals surface area (Å²) in [6.45, 7) is 6.92. The summed E-state index contributed by atoms with van der Waals surface area (Å²) in [5.74, 6) is 0.368. The summed E-state index contributed by atoms with van der Waals surface area (Å²) in [6, 6.07) is 6.30. The second-order valence-electron chi connectivity index (χ2n) is 10.7. The largest absolute Gasteiger partial charge is 0.463 e. The predicted molar refractivity (Wildman–Crippen MR) is 135 cm³/mol. The quantitative estimate of drug-likeness (QED) is 0.416. The van der Waals surface area contributed by atoms with E-state index < -0.39 is 5.60 Å². The fourth-order valence-electron chi connectivity index (χ4n) is 4.62. The van der Waals surface area contributed by atoms with E-state index in [1.54, 1.807) is 20.0 Å². The van der Waals surface area contributed by atoms with Crippen LogP contribution in [0.15, 0.2) is 18.3 Å². The summed E-state index contributed by atoms with van der Waals surface area (Å²) >= 11 is 0. The van der Waals surface area contributed by atoms with Crippen molar-refractivity contribution in [3.05, 3.63) is 29.8 Å². The van der Waals surface area contributed by atoms with Crippen molar-refractivity contribution in [2.45, 2.75) is 58.0 Å². The average Bonchev–Trinajstić information content (AvgIpc) is 3.53. The minimum Gasteiger partial charge on any atom is -0.463 e. The van der Waals surface area contributed by atoms with Crippen LogP contribution in [0.25, 0.3) is 11.0 Å². The molecule has 11 nitrogen and oxygen atoms in total. The molecule has 11 heteroatoms.